The maximum absolute atomic E-state index is 12.5. The second-order valence-electron chi connectivity index (χ2n) is 6.08. The molecular weight excluding hydrogens is 352 g/mol. The number of imidazole rings is 1. The van der Waals surface area contributed by atoms with E-state index in [2.05, 4.69) is 15.5 Å². The van der Waals surface area contributed by atoms with E-state index in [0.29, 0.717) is 23.6 Å². The fraction of sp³-hybridized carbons (Fsp3) is 0.294. The van der Waals surface area contributed by atoms with Crippen molar-refractivity contribution in [3.05, 3.63) is 44.6 Å². The number of nitrogens with zero attached hydrogens (tertiary/aromatic N) is 5. The molecule has 0 radical (unpaired) electrons. The number of aryl methyl sites for hydroxylation is 2. The van der Waals surface area contributed by atoms with Crippen LogP contribution in [0.2, 0.25) is 0 Å². The van der Waals surface area contributed by atoms with Gasteiger partial charge in [-0.2, -0.15) is 10.1 Å². The van der Waals surface area contributed by atoms with Crippen molar-refractivity contribution < 1.29 is 10.2 Å². The van der Waals surface area contributed by atoms with Crippen LogP contribution >= 0.6 is 0 Å². The van der Waals surface area contributed by atoms with Gasteiger partial charge >= 0.3 is 5.69 Å². The number of phenolic OH excluding ortho intramolecular Hbond substituents is 2. The molecule has 1 aromatic carbocycles. The molecule has 0 atom stereocenters. The topological polar surface area (TPSA) is 127 Å². The average molecular weight is 372 g/mol. The number of hydrogen-bond donors (Lipinski definition) is 3. The van der Waals surface area contributed by atoms with Gasteiger partial charge in [-0.1, -0.05) is 6.92 Å². The lowest BCUT2D eigenvalue weighted by Gasteiger charge is -2.07. The summed E-state index contributed by atoms with van der Waals surface area (Å²) in [7, 11) is 2.97. The van der Waals surface area contributed by atoms with Gasteiger partial charge in [0.15, 0.2) is 11.2 Å². The minimum Gasteiger partial charge on any atom is -0.508 e. The first-order valence-electron chi connectivity index (χ1n) is 8.32. The van der Waals surface area contributed by atoms with Gasteiger partial charge < -0.3 is 14.8 Å². The SMILES string of the molecule is CCCn1c(N/N=C\c2ccc(O)cc2O)nc2c1c(=O)n(C)c(=O)n2C. The summed E-state index contributed by atoms with van der Waals surface area (Å²) < 4.78 is 4.02. The summed E-state index contributed by atoms with van der Waals surface area (Å²) in [6.45, 7) is 2.46. The van der Waals surface area contributed by atoms with Gasteiger partial charge in [0.1, 0.15) is 11.5 Å². The summed E-state index contributed by atoms with van der Waals surface area (Å²) in [6, 6.07) is 4.13. The number of phenols is 2. The lowest BCUT2D eigenvalue weighted by Crippen LogP contribution is -2.37. The van der Waals surface area contributed by atoms with E-state index in [4.69, 9.17) is 0 Å². The largest absolute Gasteiger partial charge is 0.508 e. The number of hydrogen-bond acceptors (Lipinski definition) is 7. The molecule has 0 unspecified atom stereocenters. The minimum absolute atomic E-state index is 0.0564. The van der Waals surface area contributed by atoms with E-state index in [1.165, 1.54) is 36.0 Å². The molecule has 27 heavy (non-hydrogen) atoms. The standard InChI is InChI=1S/C17H20N6O4/c1-4-7-23-13-14(21(2)17(27)22(3)15(13)26)19-16(23)20-18-9-10-5-6-11(24)8-12(10)25/h5-6,8-9,24-25H,4,7H2,1-3H3,(H,19,20)/b18-9-. The highest BCUT2D eigenvalue weighted by Crippen LogP contribution is 2.21. The van der Waals surface area contributed by atoms with Gasteiger partial charge in [0.05, 0.1) is 6.21 Å². The number of nitrogens with one attached hydrogen (secondary N) is 1. The molecule has 0 spiro atoms. The molecule has 0 saturated carbocycles. The Morgan fingerprint density at radius 3 is 2.63 bits per heavy atom. The number of hydrazone groups is 1. The zero-order valence-electron chi connectivity index (χ0n) is 15.2. The summed E-state index contributed by atoms with van der Waals surface area (Å²) in [4.78, 5) is 29.0. The van der Waals surface area contributed by atoms with Crippen LogP contribution < -0.4 is 16.7 Å². The van der Waals surface area contributed by atoms with Crippen LogP contribution in [0.5, 0.6) is 11.5 Å². The zero-order valence-corrected chi connectivity index (χ0v) is 15.2. The maximum Gasteiger partial charge on any atom is 0.332 e. The quantitative estimate of drug-likeness (QED) is 0.447. The van der Waals surface area contributed by atoms with Crippen LogP contribution in [-0.2, 0) is 20.6 Å². The number of fused-ring (bicyclic) bond motifs is 1. The molecule has 10 heteroatoms. The van der Waals surface area contributed by atoms with Crippen molar-refractivity contribution in [2.45, 2.75) is 19.9 Å². The fourth-order valence-electron chi connectivity index (χ4n) is 2.77. The summed E-state index contributed by atoms with van der Waals surface area (Å²) >= 11 is 0. The Labute approximate surface area is 153 Å². The highest BCUT2D eigenvalue weighted by atomic mass is 16.3. The number of anilines is 1. The molecule has 0 aliphatic heterocycles. The maximum atomic E-state index is 12.5. The molecule has 0 aliphatic rings. The second-order valence-corrected chi connectivity index (χ2v) is 6.08. The first-order chi connectivity index (χ1) is 12.8. The van der Waals surface area contributed by atoms with Crippen molar-refractivity contribution in [3.63, 3.8) is 0 Å². The van der Waals surface area contributed by atoms with Crippen LogP contribution in [0.1, 0.15) is 18.9 Å². The van der Waals surface area contributed by atoms with Crippen molar-refractivity contribution in [3.8, 4) is 11.5 Å². The normalized spacial score (nSPS) is 11.5. The third-order valence-electron chi connectivity index (χ3n) is 4.18. The smallest absolute Gasteiger partial charge is 0.332 e. The van der Waals surface area contributed by atoms with E-state index in [9.17, 15) is 19.8 Å². The molecule has 0 bridgehead atoms. The minimum atomic E-state index is -0.460. The van der Waals surface area contributed by atoms with Crippen molar-refractivity contribution in [1.29, 1.82) is 0 Å². The molecule has 3 aromatic rings. The van der Waals surface area contributed by atoms with Gasteiger partial charge in [0.2, 0.25) is 5.95 Å². The molecule has 0 fully saturated rings. The third-order valence-corrected chi connectivity index (χ3v) is 4.18. The molecule has 0 saturated heterocycles. The molecule has 10 nitrogen and oxygen atoms in total. The number of benzene rings is 1. The van der Waals surface area contributed by atoms with Gasteiger partial charge in [-0.15, -0.1) is 0 Å². The summed E-state index contributed by atoms with van der Waals surface area (Å²) in [5, 5.41) is 23.2. The second kappa shape index (κ2) is 6.98. The van der Waals surface area contributed by atoms with Gasteiger partial charge in [-0.3, -0.25) is 13.9 Å². The molecule has 0 amide bonds. The highest BCUT2D eigenvalue weighted by molar-refractivity contribution is 5.84. The lowest BCUT2D eigenvalue weighted by atomic mass is 10.2. The Morgan fingerprint density at radius 1 is 1.22 bits per heavy atom. The molecule has 2 heterocycles. The van der Waals surface area contributed by atoms with Crippen LogP contribution in [-0.4, -0.2) is 35.1 Å². The van der Waals surface area contributed by atoms with E-state index in [0.717, 1.165) is 11.0 Å². The number of rotatable bonds is 5. The Bertz CT molecular complexity index is 1150. The van der Waals surface area contributed by atoms with E-state index >= 15 is 0 Å². The fourth-order valence-corrected chi connectivity index (χ4v) is 2.77. The van der Waals surface area contributed by atoms with Gasteiger partial charge in [-0.05, 0) is 18.6 Å². The predicted octanol–water partition coefficient (Wildman–Crippen LogP) is 0.701. The van der Waals surface area contributed by atoms with Crippen molar-refractivity contribution in [1.82, 2.24) is 18.7 Å². The van der Waals surface area contributed by atoms with E-state index in [-0.39, 0.29) is 17.1 Å². The molecule has 3 rings (SSSR count). The van der Waals surface area contributed by atoms with Crippen LogP contribution in [0.25, 0.3) is 11.2 Å². The van der Waals surface area contributed by atoms with Crippen molar-refractivity contribution in [2.24, 2.45) is 19.2 Å². The van der Waals surface area contributed by atoms with Gasteiger partial charge in [-0.25, -0.2) is 10.2 Å². The molecule has 2 aromatic heterocycles. The van der Waals surface area contributed by atoms with E-state index in [1.807, 2.05) is 6.92 Å². The summed E-state index contributed by atoms with van der Waals surface area (Å²) in [5.74, 6) is 0.123. The Balaban J connectivity index is 2.06. The van der Waals surface area contributed by atoms with E-state index < -0.39 is 11.2 Å². The lowest BCUT2D eigenvalue weighted by molar-refractivity contribution is 0.450. The van der Waals surface area contributed by atoms with Crippen LogP contribution in [0.15, 0.2) is 32.9 Å². The van der Waals surface area contributed by atoms with E-state index in [1.54, 1.807) is 11.6 Å². The van der Waals surface area contributed by atoms with Gasteiger partial charge in [0.25, 0.3) is 5.56 Å². The first kappa shape index (κ1) is 18.2. The summed E-state index contributed by atoms with van der Waals surface area (Å²) in [5.41, 5.74) is 2.83. The molecule has 142 valence electrons. The monoisotopic (exact) mass is 372 g/mol. The Morgan fingerprint density at radius 2 is 1.96 bits per heavy atom. The average Bonchev–Trinajstić information content (AvgIpc) is 2.99. The van der Waals surface area contributed by atoms with Crippen LogP contribution in [0.4, 0.5) is 5.95 Å². The van der Waals surface area contributed by atoms with Crippen molar-refractivity contribution in [2.75, 3.05) is 5.43 Å². The third kappa shape index (κ3) is 3.16. The molecular formula is C17H20N6O4. The van der Waals surface area contributed by atoms with Crippen molar-refractivity contribution >= 4 is 23.3 Å². The number of aromatic nitrogens is 4. The molecule has 3 N–H and O–H groups in total. The van der Waals surface area contributed by atoms with Gasteiger partial charge in [0, 0.05) is 32.3 Å². The van der Waals surface area contributed by atoms with Crippen LogP contribution in [0.3, 0.4) is 0 Å². The first-order valence-corrected chi connectivity index (χ1v) is 8.32. The highest BCUT2D eigenvalue weighted by Gasteiger charge is 2.18. The zero-order chi connectivity index (χ0) is 19.7. The van der Waals surface area contributed by atoms with Crippen LogP contribution in [0, 0.1) is 0 Å². The Kier molecular flexibility index (Phi) is 4.72. The Hall–Kier alpha value is -3.56. The molecule has 0 aliphatic carbocycles. The number of aromatic hydroxyl groups is 2. The predicted molar refractivity (Wildman–Crippen MR) is 101 cm³/mol. The summed E-state index contributed by atoms with van der Waals surface area (Å²) in [6.07, 6.45) is 2.11.